The first-order chi connectivity index (χ1) is 12.7. The van der Waals surface area contributed by atoms with Gasteiger partial charge in [-0.15, -0.1) is 0 Å². The summed E-state index contributed by atoms with van der Waals surface area (Å²) in [4.78, 5) is 12.6. The number of hydrogen-bond donors (Lipinski definition) is 1. The predicted octanol–water partition coefficient (Wildman–Crippen LogP) is 4.60. The zero-order chi connectivity index (χ0) is 19.8. The molecule has 1 aliphatic heterocycles. The molecule has 0 saturated heterocycles. The normalized spacial score (nSPS) is 16.9. The third-order valence-corrected chi connectivity index (χ3v) is 6.74. The summed E-state index contributed by atoms with van der Waals surface area (Å²) >= 11 is 8.19. The average molecular weight is 472 g/mol. The lowest BCUT2D eigenvalue weighted by Gasteiger charge is -2.21. The highest BCUT2D eigenvalue weighted by Crippen LogP contribution is 2.30. The van der Waals surface area contributed by atoms with Gasteiger partial charge in [0.2, 0.25) is 0 Å². The van der Waals surface area contributed by atoms with E-state index in [1.165, 1.54) is 0 Å². The SMILES string of the molecule is CC(C)(C)[S+]([O-])N=C1CCCn2nc(C(=O)Nc3cccc(Br)c3Cl)cc21. The molecule has 0 radical (unpaired) electrons. The van der Waals surface area contributed by atoms with Crippen LogP contribution in [-0.2, 0) is 17.9 Å². The number of amides is 1. The fourth-order valence-electron chi connectivity index (χ4n) is 2.57. The summed E-state index contributed by atoms with van der Waals surface area (Å²) in [6.07, 6.45) is 1.55. The molecule has 3 rings (SSSR count). The van der Waals surface area contributed by atoms with Gasteiger partial charge in [-0.2, -0.15) is 5.10 Å². The molecule has 1 N–H and O–H groups in total. The summed E-state index contributed by atoms with van der Waals surface area (Å²) in [7, 11) is 0. The first-order valence-corrected chi connectivity index (χ1v) is 10.8. The second-order valence-electron chi connectivity index (χ2n) is 7.20. The quantitative estimate of drug-likeness (QED) is 0.664. The van der Waals surface area contributed by atoms with Gasteiger partial charge in [0.1, 0.15) is 21.8 Å². The number of nitrogens with one attached hydrogen (secondary N) is 1. The maximum absolute atomic E-state index is 12.6. The molecule has 6 nitrogen and oxygen atoms in total. The lowest BCUT2D eigenvalue weighted by molar-refractivity contribution is 0.102. The first-order valence-electron chi connectivity index (χ1n) is 8.50. The molecule has 2 aromatic rings. The van der Waals surface area contributed by atoms with Crippen LogP contribution < -0.4 is 5.32 Å². The van der Waals surface area contributed by atoms with Crippen LogP contribution in [0.4, 0.5) is 5.69 Å². The molecule has 144 valence electrons. The molecule has 0 fully saturated rings. The van der Waals surface area contributed by atoms with E-state index in [9.17, 15) is 9.35 Å². The van der Waals surface area contributed by atoms with Crippen molar-refractivity contribution in [2.24, 2.45) is 4.40 Å². The van der Waals surface area contributed by atoms with Gasteiger partial charge < -0.3 is 9.87 Å². The van der Waals surface area contributed by atoms with Crippen LogP contribution in [0.5, 0.6) is 0 Å². The topological polar surface area (TPSA) is 82.3 Å². The predicted molar refractivity (Wildman–Crippen MR) is 113 cm³/mol. The summed E-state index contributed by atoms with van der Waals surface area (Å²) in [6.45, 7) is 6.34. The Morgan fingerprint density at radius 1 is 1.44 bits per heavy atom. The maximum Gasteiger partial charge on any atom is 0.276 e. The van der Waals surface area contributed by atoms with Crippen molar-refractivity contribution in [3.63, 3.8) is 0 Å². The van der Waals surface area contributed by atoms with Crippen LogP contribution in [0.15, 0.2) is 33.1 Å². The van der Waals surface area contributed by atoms with E-state index in [0.717, 1.165) is 17.8 Å². The molecule has 2 heterocycles. The van der Waals surface area contributed by atoms with Crippen LogP contribution in [-0.4, -0.2) is 30.7 Å². The van der Waals surface area contributed by atoms with E-state index >= 15 is 0 Å². The van der Waals surface area contributed by atoms with Crippen LogP contribution in [0.1, 0.15) is 49.8 Å². The summed E-state index contributed by atoms with van der Waals surface area (Å²) in [5, 5.41) is 7.60. The van der Waals surface area contributed by atoms with E-state index in [-0.39, 0.29) is 11.6 Å². The van der Waals surface area contributed by atoms with E-state index in [2.05, 4.69) is 30.7 Å². The van der Waals surface area contributed by atoms with E-state index < -0.39 is 16.1 Å². The number of hydrogen-bond acceptors (Lipinski definition) is 4. The number of fused-ring (bicyclic) bond motifs is 1. The van der Waals surface area contributed by atoms with Crippen LogP contribution in [0.2, 0.25) is 5.02 Å². The third kappa shape index (κ3) is 4.56. The van der Waals surface area contributed by atoms with Gasteiger partial charge in [0.25, 0.3) is 5.91 Å². The van der Waals surface area contributed by atoms with Crippen molar-refractivity contribution in [1.29, 1.82) is 0 Å². The van der Waals surface area contributed by atoms with Gasteiger partial charge in [-0.05, 0) is 67.7 Å². The Hall–Kier alpha value is -1.35. The molecule has 1 unspecified atom stereocenters. The van der Waals surface area contributed by atoms with Crippen molar-refractivity contribution in [2.75, 3.05) is 5.32 Å². The zero-order valence-electron chi connectivity index (χ0n) is 15.3. The first kappa shape index (κ1) is 20.4. The molecule has 1 atom stereocenters. The van der Waals surface area contributed by atoms with Crippen molar-refractivity contribution in [3.8, 4) is 0 Å². The summed E-state index contributed by atoms with van der Waals surface area (Å²) in [5.41, 5.74) is 2.24. The number of rotatable bonds is 3. The average Bonchev–Trinajstić information content (AvgIpc) is 3.03. The Morgan fingerprint density at radius 3 is 2.89 bits per heavy atom. The van der Waals surface area contributed by atoms with E-state index in [0.29, 0.717) is 28.1 Å². The Labute approximate surface area is 174 Å². The van der Waals surface area contributed by atoms with Gasteiger partial charge in [-0.3, -0.25) is 9.48 Å². The standard InChI is InChI=1S/C18H20BrClN4O2S/c1-18(2,3)27(26)23-12-8-5-9-24-15(12)10-14(22-24)17(25)21-13-7-4-6-11(19)16(13)20/h4,6-7,10H,5,8-9H2,1-3H3,(H,21,25). The lowest BCUT2D eigenvalue weighted by Crippen LogP contribution is -2.28. The van der Waals surface area contributed by atoms with Crippen molar-refractivity contribution in [2.45, 2.75) is 44.9 Å². The molecule has 27 heavy (non-hydrogen) atoms. The van der Waals surface area contributed by atoms with Gasteiger partial charge in [-0.1, -0.05) is 22.1 Å². The zero-order valence-corrected chi connectivity index (χ0v) is 18.4. The second-order valence-corrected chi connectivity index (χ2v) is 10.3. The Bertz CT molecular complexity index is 907. The Balaban J connectivity index is 1.87. The number of nitrogens with zero attached hydrogens (tertiary/aromatic N) is 3. The summed E-state index contributed by atoms with van der Waals surface area (Å²) in [6, 6.07) is 7.00. The van der Waals surface area contributed by atoms with Crippen LogP contribution >= 0.6 is 27.5 Å². The van der Waals surface area contributed by atoms with Crippen LogP contribution in [0.25, 0.3) is 0 Å². The van der Waals surface area contributed by atoms with Gasteiger partial charge in [0, 0.05) is 11.0 Å². The minimum atomic E-state index is -1.36. The largest absolute Gasteiger partial charge is 0.591 e. The molecule has 1 aliphatic rings. The minimum absolute atomic E-state index is 0.275. The molecule has 0 aliphatic carbocycles. The van der Waals surface area contributed by atoms with Gasteiger partial charge >= 0.3 is 0 Å². The fourth-order valence-corrected chi connectivity index (χ4v) is 3.77. The second kappa shape index (κ2) is 7.95. The van der Waals surface area contributed by atoms with Crippen molar-refractivity contribution in [1.82, 2.24) is 9.78 Å². The lowest BCUT2D eigenvalue weighted by atomic mass is 10.1. The molecule has 1 aromatic carbocycles. The molecule has 9 heteroatoms. The van der Waals surface area contributed by atoms with E-state index in [1.807, 2.05) is 20.8 Å². The van der Waals surface area contributed by atoms with Crippen molar-refractivity contribution in [3.05, 3.63) is 45.1 Å². The van der Waals surface area contributed by atoms with Gasteiger partial charge in [-0.25, -0.2) is 0 Å². The number of carbonyl (C=O) groups is 1. The molecule has 1 aromatic heterocycles. The molecular weight excluding hydrogens is 452 g/mol. The van der Waals surface area contributed by atoms with Crippen molar-refractivity contribution >= 4 is 56.2 Å². The fraction of sp³-hybridized carbons (Fsp3) is 0.389. The van der Waals surface area contributed by atoms with Gasteiger partial charge in [0.15, 0.2) is 5.69 Å². The number of aryl methyl sites for hydroxylation is 1. The van der Waals surface area contributed by atoms with E-state index in [1.54, 1.807) is 28.9 Å². The number of carbonyl (C=O) groups excluding carboxylic acids is 1. The monoisotopic (exact) mass is 470 g/mol. The van der Waals surface area contributed by atoms with E-state index in [4.69, 9.17) is 11.6 Å². The summed E-state index contributed by atoms with van der Waals surface area (Å²) in [5.74, 6) is -0.354. The van der Waals surface area contributed by atoms with Gasteiger partial charge in [0.05, 0.1) is 16.4 Å². The molecule has 0 bridgehead atoms. The third-order valence-electron chi connectivity index (χ3n) is 4.01. The molecule has 1 amide bonds. The van der Waals surface area contributed by atoms with Crippen LogP contribution in [0, 0.1) is 0 Å². The Kier molecular flexibility index (Phi) is 6.00. The molecule has 0 spiro atoms. The maximum atomic E-state index is 12.6. The highest BCUT2D eigenvalue weighted by Gasteiger charge is 2.30. The summed E-state index contributed by atoms with van der Waals surface area (Å²) < 4.78 is 18.8. The number of halogens is 2. The number of anilines is 1. The highest BCUT2D eigenvalue weighted by molar-refractivity contribution is 9.10. The Morgan fingerprint density at radius 2 is 2.19 bits per heavy atom. The number of benzene rings is 1. The van der Waals surface area contributed by atoms with Crippen LogP contribution in [0.3, 0.4) is 0 Å². The van der Waals surface area contributed by atoms with Crippen molar-refractivity contribution < 1.29 is 9.35 Å². The molecule has 0 saturated carbocycles. The molecular formula is C18H20BrClN4O2S. The minimum Gasteiger partial charge on any atom is -0.591 e. The number of aromatic nitrogens is 2. The highest BCUT2D eigenvalue weighted by atomic mass is 79.9. The smallest absolute Gasteiger partial charge is 0.276 e.